The van der Waals surface area contributed by atoms with Gasteiger partial charge in [0.2, 0.25) is 5.95 Å². The first-order valence-corrected chi connectivity index (χ1v) is 7.59. The molecular weight excluding hydrogens is 318 g/mol. The molecule has 0 radical (unpaired) electrons. The first-order chi connectivity index (χ1) is 11.3. The van der Waals surface area contributed by atoms with E-state index in [4.69, 9.17) is 4.74 Å². The summed E-state index contributed by atoms with van der Waals surface area (Å²) in [5, 5.41) is 9.21. The first kappa shape index (κ1) is 16.2. The van der Waals surface area contributed by atoms with Gasteiger partial charge in [-0.2, -0.15) is 4.98 Å². The van der Waals surface area contributed by atoms with Gasteiger partial charge in [-0.25, -0.2) is 4.79 Å². The number of H-pyrrole nitrogens is 1. The Kier molecular flexibility index (Phi) is 3.91. The zero-order chi connectivity index (χ0) is 17.6. The van der Waals surface area contributed by atoms with Crippen LogP contribution in [0.2, 0.25) is 0 Å². The number of aromatic nitrogens is 4. The Morgan fingerprint density at radius 2 is 1.96 bits per heavy atom. The van der Waals surface area contributed by atoms with E-state index in [-0.39, 0.29) is 23.4 Å². The summed E-state index contributed by atoms with van der Waals surface area (Å²) >= 11 is 0. The Balaban J connectivity index is 2.25. The number of aliphatic carboxylic acids is 1. The van der Waals surface area contributed by atoms with E-state index in [0.29, 0.717) is 19.0 Å². The summed E-state index contributed by atoms with van der Waals surface area (Å²) in [7, 11) is 1.48. The van der Waals surface area contributed by atoms with Crippen molar-refractivity contribution in [1.29, 1.82) is 0 Å². The minimum Gasteiger partial charge on any atom is -0.480 e. The average molecular weight is 337 g/mol. The standard InChI is InChI=1S/C14H19N5O5/c1-7-4-18(5-8(2)24-7)13-15-11-10(19(13)6-9(20)21)12(22)16-14(23)17(11)3/h7-8H,4-6H2,1-3H3,(H,20,21)(H,16,22,23)/t7-,8-/m1/s1. The maximum Gasteiger partial charge on any atom is 0.329 e. The number of carboxylic acids is 1. The van der Waals surface area contributed by atoms with Crippen molar-refractivity contribution in [3.05, 3.63) is 20.8 Å². The van der Waals surface area contributed by atoms with Crippen LogP contribution in [0.4, 0.5) is 5.95 Å². The van der Waals surface area contributed by atoms with Crippen LogP contribution in [0.3, 0.4) is 0 Å². The van der Waals surface area contributed by atoms with Crippen LogP contribution >= 0.6 is 0 Å². The molecule has 1 aliphatic rings. The normalized spacial score (nSPS) is 21.4. The Bertz CT molecular complexity index is 901. The van der Waals surface area contributed by atoms with Gasteiger partial charge in [-0.1, -0.05) is 0 Å². The highest BCUT2D eigenvalue weighted by atomic mass is 16.5. The third-order valence-electron chi connectivity index (χ3n) is 3.98. The van der Waals surface area contributed by atoms with Crippen molar-refractivity contribution in [2.45, 2.75) is 32.6 Å². The van der Waals surface area contributed by atoms with Gasteiger partial charge in [0.05, 0.1) is 12.2 Å². The van der Waals surface area contributed by atoms with Gasteiger partial charge in [0.1, 0.15) is 6.54 Å². The van der Waals surface area contributed by atoms with Crippen LogP contribution in [0.25, 0.3) is 11.2 Å². The zero-order valence-electron chi connectivity index (χ0n) is 13.6. The van der Waals surface area contributed by atoms with Crippen LogP contribution < -0.4 is 16.1 Å². The lowest BCUT2D eigenvalue weighted by Gasteiger charge is -2.35. The van der Waals surface area contributed by atoms with Gasteiger partial charge in [-0.15, -0.1) is 0 Å². The number of ether oxygens (including phenoxy) is 1. The fourth-order valence-electron chi connectivity index (χ4n) is 3.09. The van der Waals surface area contributed by atoms with Gasteiger partial charge in [0.15, 0.2) is 11.2 Å². The van der Waals surface area contributed by atoms with Crippen molar-refractivity contribution < 1.29 is 14.6 Å². The van der Waals surface area contributed by atoms with Crippen molar-refractivity contribution in [2.75, 3.05) is 18.0 Å². The molecule has 1 aliphatic heterocycles. The van der Waals surface area contributed by atoms with E-state index in [2.05, 4.69) is 9.97 Å². The molecule has 10 nitrogen and oxygen atoms in total. The molecule has 0 aliphatic carbocycles. The van der Waals surface area contributed by atoms with E-state index >= 15 is 0 Å². The van der Waals surface area contributed by atoms with Crippen LogP contribution in [-0.2, 0) is 23.1 Å². The molecule has 2 aromatic heterocycles. The lowest BCUT2D eigenvalue weighted by molar-refractivity contribution is -0.137. The molecule has 2 atom stereocenters. The highest BCUT2D eigenvalue weighted by molar-refractivity contribution is 5.78. The third-order valence-corrected chi connectivity index (χ3v) is 3.98. The molecular formula is C14H19N5O5. The number of hydrogen-bond donors (Lipinski definition) is 2. The van der Waals surface area contributed by atoms with Gasteiger partial charge in [-0.3, -0.25) is 23.7 Å². The third kappa shape index (κ3) is 2.68. The van der Waals surface area contributed by atoms with Crippen LogP contribution in [0.15, 0.2) is 9.59 Å². The molecule has 3 rings (SSSR count). The number of carboxylic acid groups (broad SMARTS) is 1. The van der Waals surface area contributed by atoms with E-state index in [0.717, 1.165) is 0 Å². The zero-order valence-corrected chi connectivity index (χ0v) is 13.6. The number of fused-ring (bicyclic) bond motifs is 1. The topological polar surface area (TPSA) is 122 Å². The van der Waals surface area contributed by atoms with E-state index in [1.165, 1.54) is 16.2 Å². The summed E-state index contributed by atoms with van der Waals surface area (Å²) in [5.74, 6) is -0.751. The summed E-state index contributed by atoms with van der Waals surface area (Å²) in [4.78, 5) is 43.7. The number of aryl methyl sites for hydroxylation is 1. The molecule has 1 fully saturated rings. The smallest absolute Gasteiger partial charge is 0.329 e. The number of morpholine rings is 1. The number of aromatic amines is 1. The number of imidazole rings is 1. The molecule has 130 valence electrons. The fraction of sp³-hybridized carbons (Fsp3) is 0.571. The van der Waals surface area contributed by atoms with Gasteiger partial charge >= 0.3 is 11.7 Å². The maximum absolute atomic E-state index is 12.2. The summed E-state index contributed by atoms with van der Waals surface area (Å²) < 4.78 is 8.22. The maximum atomic E-state index is 12.2. The molecule has 10 heteroatoms. The van der Waals surface area contributed by atoms with E-state index in [1.54, 1.807) is 0 Å². The molecule has 0 saturated carbocycles. The van der Waals surface area contributed by atoms with E-state index < -0.39 is 23.8 Å². The minimum absolute atomic E-state index is 0.0612. The quantitative estimate of drug-likeness (QED) is 0.746. The van der Waals surface area contributed by atoms with Crippen LogP contribution in [-0.4, -0.2) is 55.5 Å². The van der Waals surface area contributed by atoms with Gasteiger partial charge in [0, 0.05) is 20.1 Å². The number of nitrogens with zero attached hydrogens (tertiary/aromatic N) is 4. The van der Waals surface area contributed by atoms with Crippen molar-refractivity contribution in [3.8, 4) is 0 Å². The summed E-state index contributed by atoms with van der Waals surface area (Å²) in [5.41, 5.74) is -1.02. The Labute approximate surface area is 136 Å². The van der Waals surface area contributed by atoms with Crippen LogP contribution in [0.5, 0.6) is 0 Å². The molecule has 0 spiro atoms. The van der Waals surface area contributed by atoms with Gasteiger partial charge in [-0.05, 0) is 13.8 Å². The molecule has 3 heterocycles. The van der Waals surface area contributed by atoms with E-state index in [1.807, 2.05) is 18.7 Å². The molecule has 24 heavy (non-hydrogen) atoms. The monoisotopic (exact) mass is 337 g/mol. The number of carbonyl (C=O) groups is 1. The molecule has 2 aromatic rings. The number of rotatable bonds is 3. The SMILES string of the molecule is C[C@@H]1CN(c2nc3c(c(=O)[nH]c(=O)n3C)n2CC(=O)O)C[C@@H](C)O1. The second-order valence-electron chi connectivity index (χ2n) is 6.04. The summed E-state index contributed by atoms with van der Waals surface area (Å²) in [6.45, 7) is 4.43. The molecule has 0 unspecified atom stereocenters. The predicted molar refractivity (Wildman–Crippen MR) is 85.5 cm³/mol. The molecule has 1 saturated heterocycles. The lowest BCUT2D eigenvalue weighted by Crippen LogP contribution is -2.46. The van der Waals surface area contributed by atoms with Crippen LogP contribution in [0, 0.1) is 0 Å². The highest BCUT2D eigenvalue weighted by Crippen LogP contribution is 2.23. The van der Waals surface area contributed by atoms with Crippen LogP contribution in [0.1, 0.15) is 13.8 Å². The second kappa shape index (κ2) is 5.78. The predicted octanol–water partition coefficient (Wildman–Crippen LogP) is -0.878. The highest BCUT2D eigenvalue weighted by Gasteiger charge is 2.28. The molecule has 0 amide bonds. The molecule has 0 bridgehead atoms. The minimum atomic E-state index is -1.10. The Morgan fingerprint density at radius 3 is 2.54 bits per heavy atom. The largest absolute Gasteiger partial charge is 0.480 e. The summed E-state index contributed by atoms with van der Waals surface area (Å²) in [6.07, 6.45) is -0.122. The first-order valence-electron chi connectivity index (χ1n) is 7.59. The van der Waals surface area contributed by atoms with Crippen molar-refractivity contribution in [3.63, 3.8) is 0 Å². The van der Waals surface area contributed by atoms with E-state index in [9.17, 15) is 19.5 Å². The second-order valence-corrected chi connectivity index (χ2v) is 6.04. The molecule has 0 aromatic carbocycles. The van der Waals surface area contributed by atoms with Crippen molar-refractivity contribution >= 4 is 23.1 Å². The Hall–Kier alpha value is -2.62. The fourth-order valence-corrected chi connectivity index (χ4v) is 3.09. The molecule has 2 N–H and O–H groups in total. The summed E-state index contributed by atoms with van der Waals surface area (Å²) in [6, 6.07) is 0. The van der Waals surface area contributed by atoms with Crippen molar-refractivity contribution in [2.24, 2.45) is 7.05 Å². The number of anilines is 1. The number of nitrogens with one attached hydrogen (secondary N) is 1. The van der Waals surface area contributed by atoms with Crippen molar-refractivity contribution in [1.82, 2.24) is 19.1 Å². The van der Waals surface area contributed by atoms with Gasteiger partial charge in [0.25, 0.3) is 5.56 Å². The average Bonchev–Trinajstić information content (AvgIpc) is 2.83. The van der Waals surface area contributed by atoms with Gasteiger partial charge < -0.3 is 14.7 Å². The number of hydrogen-bond acceptors (Lipinski definition) is 6. The lowest BCUT2D eigenvalue weighted by atomic mass is 10.2. The Morgan fingerprint density at radius 1 is 1.33 bits per heavy atom.